The molecular formula is C43H74O17P2. The number of hydrogen-bond donors (Lipinski definition) is 8. The second kappa shape index (κ2) is 34.1. The second-order valence-corrected chi connectivity index (χ2v) is 17.8. The molecule has 1 fully saturated rings. The van der Waals surface area contributed by atoms with Crippen LogP contribution in [-0.2, 0) is 41.8 Å². The summed E-state index contributed by atoms with van der Waals surface area (Å²) in [5, 5.41) is 51.3. The van der Waals surface area contributed by atoms with E-state index >= 15 is 0 Å². The molecule has 1 aliphatic rings. The molecule has 19 heteroatoms. The molecule has 8 N–H and O–H groups in total. The summed E-state index contributed by atoms with van der Waals surface area (Å²) in [5.74, 6) is -1.31. The average Bonchev–Trinajstić information content (AvgIpc) is 3.22. The van der Waals surface area contributed by atoms with E-state index in [1.165, 1.54) is 0 Å². The van der Waals surface area contributed by atoms with Crippen LogP contribution in [0.5, 0.6) is 0 Å². The summed E-state index contributed by atoms with van der Waals surface area (Å²) in [6.07, 6.45) is 19.2. The minimum atomic E-state index is -5.38. The molecule has 0 heterocycles. The van der Waals surface area contributed by atoms with E-state index in [9.17, 15) is 49.1 Å². The van der Waals surface area contributed by atoms with Gasteiger partial charge in [0.05, 0.1) is 12.7 Å². The van der Waals surface area contributed by atoms with Crippen molar-refractivity contribution in [2.45, 2.75) is 185 Å². The lowest BCUT2D eigenvalue weighted by Gasteiger charge is -2.43. The Balaban J connectivity index is 2.68. The summed E-state index contributed by atoms with van der Waals surface area (Å²) in [4.78, 5) is 54.1. The highest BCUT2D eigenvalue weighted by Crippen LogP contribution is 2.49. The van der Waals surface area contributed by atoms with Crippen molar-refractivity contribution in [3.63, 3.8) is 0 Å². The molecule has 17 nitrogen and oxygen atoms in total. The lowest BCUT2D eigenvalue weighted by Crippen LogP contribution is -2.64. The first-order valence-corrected chi connectivity index (χ1v) is 25.0. The van der Waals surface area contributed by atoms with E-state index in [1.807, 2.05) is 18.2 Å². The summed E-state index contributed by atoms with van der Waals surface area (Å²) in [7, 11) is -10.7. The molecule has 1 rings (SSSR count). The van der Waals surface area contributed by atoms with Crippen LogP contribution in [-0.4, -0.2) is 114 Å². The van der Waals surface area contributed by atoms with Crippen LogP contribution in [0.2, 0.25) is 0 Å². The van der Waals surface area contributed by atoms with Gasteiger partial charge in [0.25, 0.3) is 0 Å². The molecule has 1 saturated carbocycles. The number of carbonyl (C=O) groups is 2. The number of phosphoric acid groups is 2. The minimum Gasteiger partial charge on any atom is -0.462 e. The maximum atomic E-state index is 12.9. The number of rotatable bonds is 35. The molecule has 0 aromatic rings. The van der Waals surface area contributed by atoms with Crippen molar-refractivity contribution in [1.29, 1.82) is 0 Å². The lowest BCUT2D eigenvalue weighted by atomic mass is 9.85. The molecule has 0 bridgehead atoms. The number of aliphatic hydroxyl groups is 5. The van der Waals surface area contributed by atoms with Crippen LogP contribution in [0.4, 0.5) is 0 Å². The number of unbranched alkanes of at least 4 members (excludes halogenated alkanes) is 10. The quantitative estimate of drug-likeness (QED) is 0.0111. The van der Waals surface area contributed by atoms with Gasteiger partial charge in [0.1, 0.15) is 43.2 Å². The monoisotopic (exact) mass is 924 g/mol. The molecule has 62 heavy (non-hydrogen) atoms. The molecule has 0 spiro atoms. The van der Waals surface area contributed by atoms with Gasteiger partial charge in [0.15, 0.2) is 6.10 Å². The first-order chi connectivity index (χ1) is 29.5. The Morgan fingerprint density at radius 1 is 0.613 bits per heavy atom. The van der Waals surface area contributed by atoms with E-state index in [2.05, 4.69) is 54.8 Å². The summed E-state index contributed by atoms with van der Waals surface area (Å²) in [6.45, 7) is 2.79. The predicted molar refractivity (Wildman–Crippen MR) is 233 cm³/mol. The van der Waals surface area contributed by atoms with Gasteiger partial charge in [-0.2, -0.15) is 0 Å². The van der Waals surface area contributed by atoms with Crippen molar-refractivity contribution in [1.82, 2.24) is 0 Å². The van der Waals surface area contributed by atoms with Crippen molar-refractivity contribution in [2.24, 2.45) is 0 Å². The average molecular weight is 925 g/mol. The molecule has 0 aromatic heterocycles. The smallest absolute Gasteiger partial charge is 0.462 e. The fourth-order valence-electron chi connectivity index (χ4n) is 6.25. The summed E-state index contributed by atoms with van der Waals surface area (Å²) in [5.41, 5.74) is 0. The van der Waals surface area contributed by atoms with E-state index in [4.69, 9.17) is 28.3 Å². The Morgan fingerprint density at radius 2 is 1.18 bits per heavy atom. The molecule has 0 saturated heterocycles. The van der Waals surface area contributed by atoms with Gasteiger partial charge >= 0.3 is 27.6 Å². The molecule has 0 amide bonds. The zero-order valence-electron chi connectivity index (χ0n) is 36.4. The van der Waals surface area contributed by atoms with Crippen molar-refractivity contribution in [2.75, 3.05) is 13.2 Å². The topological polar surface area (TPSA) is 276 Å². The Kier molecular flexibility index (Phi) is 31.7. The number of phosphoric ester groups is 2. The van der Waals surface area contributed by atoms with Crippen LogP contribution in [0.25, 0.3) is 0 Å². The molecule has 0 aromatic carbocycles. The maximum Gasteiger partial charge on any atom is 0.472 e. The standard InChI is InChI=1S/C43H74O17P2/c1-3-5-7-9-11-12-13-14-15-16-18-22-27-31-37(46)58-35(32-56-36(45)30-26-23-19-21-25-29-34(44)28-24-20-17-10-8-6-4-2)33-57-62(54,55)60-43-40(49)38(47)39(48)42(41(43)50)59-61(51,52)53/h6-9,12-13,17,20,24,28,34-35,38-44,47-50H,3-5,10-11,14-16,18-19,21-23,25-27,29-33H2,1-2H3,(H,54,55)(H2,51,52,53)/b8-6+,9-7-,13-12-,20-17+,28-24+/t34?,35-,38?,39?,40?,41?,42-,43+/m1/s1. The molecule has 0 radical (unpaired) electrons. The van der Waals surface area contributed by atoms with Crippen molar-refractivity contribution >= 4 is 27.6 Å². The van der Waals surface area contributed by atoms with Crippen molar-refractivity contribution in [3.05, 3.63) is 60.8 Å². The second-order valence-electron chi connectivity index (χ2n) is 15.2. The SMILES string of the molecule is CC/C=C/C/C=C/C=C/C(O)CCCCCCCC(=O)OC[C@H](COP(=O)(O)O[C@H]1C(O)C(O)C(O)[C@@H](OP(=O)(O)O)C1O)OC(=O)CCCCCCC/C=C\C/C=C\CCC. The fraction of sp³-hybridized carbons (Fsp3) is 0.721. The molecule has 358 valence electrons. The van der Waals surface area contributed by atoms with E-state index < -0.39 is 89.6 Å². The van der Waals surface area contributed by atoms with Crippen LogP contribution < -0.4 is 0 Å². The third-order valence-corrected chi connectivity index (χ3v) is 11.2. The molecule has 9 atom stereocenters. The number of ether oxygens (including phenoxy) is 2. The highest BCUT2D eigenvalue weighted by atomic mass is 31.2. The van der Waals surface area contributed by atoms with Crippen molar-refractivity contribution < 1.29 is 82.0 Å². The van der Waals surface area contributed by atoms with Gasteiger partial charge < -0.3 is 49.7 Å². The van der Waals surface area contributed by atoms with Gasteiger partial charge in [-0.25, -0.2) is 9.13 Å². The predicted octanol–water partition coefficient (Wildman–Crippen LogP) is 6.47. The highest BCUT2D eigenvalue weighted by molar-refractivity contribution is 7.47. The summed E-state index contributed by atoms with van der Waals surface area (Å²) in [6, 6.07) is 0. The normalized spacial score (nSPS) is 23.2. The first kappa shape index (κ1) is 57.7. The lowest BCUT2D eigenvalue weighted by molar-refractivity contribution is -0.216. The third-order valence-electron chi connectivity index (χ3n) is 9.66. The Bertz CT molecular complexity index is 1460. The number of esters is 2. The van der Waals surface area contributed by atoms with Gasteiger partial charge in [-0.15, -0.1) is 0 Å². The number of hydrogen-bond acceptors (Lipinski definition) is 14. The van der Waals surface area contributed by atoms with Gasteiger partial charge in [-0.3, -0.25) is 23.2 Å². The maximum absolute atomic E-state index is 12.9. The number of aliphatic hydroxyl groups excluding tert-OH is 5. The van der Waals surface area contributed by atoms with Gasteiger partial charge in [-0.05, 0) is 57.8 Å². The van der Waals surface area contributed by atoms with Crippen LogP contribution >= 0.6 is 15.6 Å². The van der Waals surface area contributed by atoms with Crippen LogP contribution in [0, 0.1) is 0 Å². The molecule has 6 unspecified atom stereocenters. The van der Waals surface area contributed by atoms with E-state index in [-0.39, 0.29) is 12.8 Å². The first-order valence-electron chi connectivity index (χ1n) is 21.9. The number of allylic oxidation sites excluding steroid dienone is 9. The van der Waals surface area contributed by atoms with E-state index in [0.29, 0.717) is 19.3 Å². The summed E-state index contributed by atoms with van der Waals surface area (Å²) < 4.78 is 49.2. The zero-order chi connectivity index (χ0) is 46.2. The van der Waals surface area contributed by atoms with E-state index in [1.54, 1.807) is 6.08 Å². The third kappa shape index (κ3) is 28.5. The molecule has 0 aliphatic heterocycles. The Hall–Kier alpha value is -2.34. The minimum absolute atomic E-state index is 0.00463. The Labute approximate surface area is 367 Å². The fourth-order valence-corrected chi connectivity index (χ4v) is 7.78. The highest BCUT2D eigenvalue weighted by Gasteiger charge is 2.54. The van der Waals surface area contributed by atoms with Gasteiger partial charge in [0.2, 0.25) is 0 Å². The molecule has 1 aliphatic carbocycles. The summed E-state index contributed by atoms with van der Waals surface area (Å²) >= 11 is 0. The zero-order valence-corrected chi connectivity index (χ0v) is 38.2. The van der Waals surface area contributed by atoms with Crippen LogP contribution in [0.15, 0.2) is 60.8 Å². The van der Waals surface area contributed by atoms with Gasteiger partial charge in [0, 0.05) is 12.8 Å². The Morgan fingerprint density at radius 3 is 1.82 bits per heavy atom. The number of carbonyl (C=O) groups excluding carboxylic acids is 2. The van der Waals surface area contributed by atoms with E-state index in [0.717, 1.165) is 89.9 Å². The van der Waals surface area contributed by atoms with Crippen LogP contribution in [0.3, 0.4) is 0 Å². The molecular weight excluding hydrogens is 850 g/mol. The van der Waals surface area contributed by atoms with Gasteiger partial charge in [-0.1, -0.05) is 126 Å². The largest absolute Gasteiger partial charge is 0.472 e. The van der Waals surface area contributed by atoms with Crippen molar-refractivity contribution in [3.8, 4) is 0 Å². The van der Waals surface area contributed by atoms with Crippen LogP contribution in [0.1, 0.15) is 136 Å².